The highest BCUT2D eigenvalue weighted by Gasteiger charge is 2.55. The average molecular weight is 893 g/mol. The molecule has 4 aromatic rings. The van der Waals surface area contributed by atoms with Crippen molar-refractivity contribution in [3.05, 3.63) is 111 Å². The Morgan fingerprint density at radius 1 is 0.844 bits per heavy atom. The molecule has 17 heteroatoms. The molecule has 1 atom stereocenters. The minimum atomic E-state index is -0.636. The first-order chi connectivity index (χ1) is 31.0. The zero-order valence-corrected chi connectivity index (χ0v) is 36.5. The van der Waals surface area contributed by atoms with Gasteiger partial charge in [0, 0.05) is 74.2 Å². The third-order valence-electron chi connectivity index (χ3n) is 13.5. The third-order valence-corrected chi connectivity index (χ3v) is 14.5. The van der Waals surface area contributed by atoms with Crippen molar-refractivity contribution in [1.82, 2.24) is 40.3 Å². The molecule has 336 valence electrons. The molecule has 3 aromatic carbocycles. The van der Waals surface area contributed by atoms with E-state index in [1.54, 1.807) is 34.1 Å². The largest absolute Gasteiger partial charge is 0.353 e. The lowest BCUT2D eigenvalue weighted by Gasteiger charge is -2.36. The van der Waals surface area contributed by atoms with Crippen LogP contribution in [0.1, 0.15) is 94.8 Å². The van der Waals surface area contributed by atoms with E-state index in [-0.39, 0.29) is 72.8 Å². The monoisotopic (exact) mass is 892 g/mol. The highest BCUT2D eigenvalue weighted by atomic mass is 32.2. The van der Waals surface area contributed by atoms with Gasteiger partial charge in [-0.15, -0.1) is 0 Å². The lowest BCUT2D eigenvalue weighted by Crippen LogP contribution is -2.54. The molecule has 4 N–H and O–H groups in total. The van der Waals surface area contributed by atoms with E-state index in [0.717, 1.165) is 63.5 Å². The Balaban J connectivity index is 0.690. The van der Waals surface area contributed by atoms with Crippen LogP contribution in [0.3, 0.4) is 0 Å². The summed E-state index contributed by atoms with van der Waals surface area (Å²) in [5, 5.41) is 14.0. The Bertz CT molecular complexity index is 2520. The summed E-state index contributed by atoms with van der Waals surface area (Å²) in [6, 6.07) is 19.0. The molecule has 5 aliphatic rings. The number of hydrogen-bond acceptors (Lipinski definition) is 10. The summed E-state index contributed by atoms with van der Waals surface area (Å²) in [4.78, 5) is 82.8. The maximum Gasteiger partial charge on any atom is 0.272 e. The maximum absolute atomic E-state index is 15.0. The predicted molar refractivity (Wildman–Crippen MR) is 238 cm³/mol. The molecule has 5 amide bonds. The second-order valence-electron chi connectivity index (χ2n) is 17.9. The fourth-order valence-corrected chi connectivity index (χ4v) is 10.6. The molecule has 1 saturated carbocycles. The summed E-state index contributed by atoms with van der Waals surface area (Å²) in [7, 11) is 0. The molecule has 4 aliphatic heterocycles. The summed E-state index contributed by atoms with van der Waals surface area (Å²) in [5.41, 5.74) is 1.36. The molecule has 0 radical (unpaired) electrons. The quantitative estimate of drug-likeness (QED) is 0.136. The number of fused-ring (bicyclic) bond motifs is 3. The van der Waals surface area contributed by atoms with Crippen LogP contribution in [0.25, 0.3) is 10.8 Å². The Labute approximate surface area is 374 Å². The number of nitrogens with one attached hydrogen (secondary N) is 4. The van der Waals surface area contributed by atoms with Gasteiger partial charge >= 0.3 is 0 Å². The summed E-state index contributed by atoms with van der Waals surface area (Å²) in [6.45, 7) is 2.50. The number of amides is 5. The van der Waals surface area contributed by atoms with Crippen LogP contribution < -0.4 is 20.9 Å². The summed E-state index contributed by atoms with van der Waals surface area (Å²) in [5.74, 6) is -0.699. The number of rotatable bonds is 14. The van der Waals surface area contributed by atoms with Gasteiger partial charge in [0.1, 0.15) is 11.5 Å². The van der Waals surface area contributed by atoms with Crippen molar-refractivity contribution in [2.24, 2.45) is 5.92 Å². The van der Waals surface area contributed by atoms with Crippen LogP contribution in [0.2, 0.25) is 0 Å². The number of piperidine rings is 1. The van der Waals surface area contributed by atoms with Crippen LogP contribution in [0, 0.1) is 11.7 Å². The number of carbonyl (C=O) groups is 5. The highest BCUT2D eigenvalue weighted by Crippen LogP contribution is 2.50. The van der Waals surface area contributed by atoms with Gasteiger partial charge in [-0.3, -0.25) is 38.8 Å². The lowest BCUT2D eigenvalue weighted by molar-refractivity contribution is -0.134. The van der Waals surface area contributed by atoms with Crippen molar-refractivity contribution < 1.29 is 33.1 Å². The number of hydrogen-bond donors (Lipinski definition) is 4. The SMILES string of the molecule is O=C(CNC(=O)c1cccc(C2CCCN(C(=O)C3CC3)C2)c1)NSCC12CCC(NCC(=O)N3CCN(C(=O)c4cc(Cc5n[nH]c(=O)c6ccccc56)ccc4F)CC3)(CC1)O2. The van der Waals surface area contributed by atoms with Gasteiger partial charge in [-0.05, 0) is 105 Å². The lowest BCUT2D eigenvalue weighted by atomic mass is 9.87. The molecule has 64 heavy (non-hydrogen) atoms. The second-order valence-corrected chi connectivity index (χ2v) is 18.6. The maximum atomic E-state index is 15.0. The van der Waals surface area contributed by atoms with Crippen LogP contribution in [0.4, 0.5) is 4.39 Å². The third kappa shape index (κ3) is 9.56. The highest BCUT2D eigenvalue weighted by molar-refractivity contribution is 7.98. The van der Waals surface area contributed by atoms with Crippen LogP contribution >= 0.6 is 11.9 Å². The number of halogens is 1. The molecule has 15 nitrogen and oxygen atoms in total. The Hall–Kier alpha value is -5.65. The standard InChI is InChI=1S/C47H53FN8O7S/c48-38-13-10-30(24-39-35-8-1-2-9-36(35)43(60)52-51-39)23-37(38)45(62)55-21-19-54(20-22-55)41(58)27-50-47-16-14-46(63-47,15-17-47)29-64-53-40(57)26-49-42(59)33-6-3-5-32(25-33)34-7-4-18-56(28-34)44(61)31-11-12-31/h1-3,5-6,8-10,13,23,25,31,34,50H,4,7,11-12,14-22,24,26-29H2,(H,49,59)(H,52,60)(H,53,57). The summed E-state index contributed by atoms with van der Waals surface area (Å²) >= 11 is 1.25. The van der Waals surface area contributed by atoms with E-state index >= 15 is 4.39 Å². The average Bonchev–Trinajstić information content (AvgIpc) is 4.04. The molecular formula is C47H53FN8O7S. The molecule has 1 aliphatic carbocycles. The molecule has 2 bridgehead atoms. The van der Waals surface area contributed by atoms with E-state index in [0.29, 0.717) is 59.4 Å². The zero-order valence-electron chi connectivity index (χ0n) is 35.7. The molecule has 1 aromatic heterocycles. The van der Waals surface area contributed by atoms with E-state index in [1.165, 1.54) is 24.1 Å². The van der Waals surface area contributed by atoms with Gasteiger partial charge < -0.3 is 24.8 Å². The first-order valence-electron chi connectivity index (χ1n) is 22.3. The van der Waals surface area contributed by atoms with Gasteiger partial charge in [-0.25, -0.2) is 9.49 Å². The van der Waals surface area contributed by atoms with Crippen molar-refractivity contribution in [2.45, 2.75) is 75.0 Å². The van der Waals surface area contributed by atoms with Crippen molar-refractivity contribution in [3.63, 3.8) is 0 Å². The van der Waals surface area contributed by atoms with Gasteiger partial charge in [-0.1, -0.05) is 36.4 Å². The fraction of sp³-hybridized carbons (Fsp3) is 0.468. The topological polar surface area (TPSA) is 186 Å². The van der Waals surface area contributed by atoms with E-state index in [1.807, 2.05) is 35.2 Å². The predicted octanol–water partition coefficient (Wildman–Crippen LogP) is 3.88. The zero-order chi connectivity index (χ0) is 44.4. The second kappa shape index (κ2) is 18.4. The van der Waals surface area contributed by atoms with E-state index in [2.05, 4.69) is 25.6 Å². The smallest absolute Gasteiger partial charge is 0.272 e. The normalized spacial score (nSPS) is 23.0. The Kier molecular flexibility index (Phi) is 12.6. The van der Waals surface area contributed by atoms with E-state index < -0.39 is 23.1 Å². The number of likely N-dealkylation sites (tertiary alicyclic amines) is 1. The number of nitrogens with zero attached hydrogens (tertiary/aromatic N) is 4. The van der Waals surface area contributed by atoms with Crippen LogP contribution in [0.15, 0.2) is 71.5 Å². The van der Waals surface area contributed by atoms with Crippen LogP contribution in [-0.2, 0) is 25.5 Å². The summed E-state index contributed by atoms with van der Waals surface area (Å²) in [6.07, 6.45) is 7.15. The van der Waals surface area contributed by atoms with E-state index in [4.69, 9.17) is 4.74 Å². The molecule has 1 unspecified atom stereocenters. The van der Waals surface area contributed by atoms with Crippen molar-refractivity contribution in [1.29, 1.82) is 0 Å². The molecule has 4 saturated heterocycles. The fourth-order valence-electron chi connectivity index (χ4n) is 9.66. The number of carbonyl (C=O) groups excluding carboxylic acids is 5. The number of H-pyrrole nitrogens is 1. The van der Waals surface area contributed by atoms with E-state index in [9.17, 15) is 28.8 Å². The molecular weight excluding hydrogens is 840 g/mol. The van der Waals surface area contributed by atoms with Crippen LogP contribution in [0.5, 0.6) is 0 Å². The van der Waals surface area contributed by atoms with Crippen molar-refractivity contribution in [2.75, 3.05) is 58.1 Å². The number of aromatic nitrogens is 2. The Morgan fingerprint density at radius 2 is 1.61 bits per heavy atom. The first-order valence-corrected chi connectivity index (χ1v) is 23.3. The van der Waals surface area contributed by atoms with Gasteiger partial charge in [0.05, 0.1) is 35.3 Å². The number of ether oxygens (including phenoxy) is 1. The minimum absolute atomic E-state index is 0.0532. The molecule has 9 rings (SSSR count). The molecule has 5 heterocycles. The first kappa shape index (κ1) is 43.6. The summed E-state index contributed by atoms with van der Waals surface area (Å²) < 4.78 is 24.4. The number of aromatic amines is 1. The number of piperazine rings is 1. The van der Waals surface area contributed by atoms with Gasteiger partial charge in [0.15, 0.2) is 0 Å². The minimum Gasteiger partial charge on any atom is -0.353 e. The Morgan fingerprint density at radius 3 is 2.39 bits per heavy atom. The molecule has 0 spiro atoms. The van der Waals surface area contributed by atoms with Crippen LogP contribution in [-0.4, -0.2) is 124 Å². The van der Waals surface area contributed by atoms with Gasteiger partial charge in [0.25, 0.3) is 17.4 Å². The molecule has 5 fully saturated rings. The number of benzene rings is 3. The van der Waals surface area contributed by atoms with Crippen molar-refractivity contribution >= 4 is 52.3 Å². The van der Waals surface area contributed by atoms with Gasteiger partial charge in [-0.2, -0.15) is 5.10 Å². The van der Waals surface area contributed by atoms with Crippen molar-refractivity contribution in [3.8, 4) is 0 Å². The van der Waals surface area contributed by atoms with Gasteiger partial charge in [0.2, 0.25) is 17.7 Å².